The number of carbonyl (C=O) groups excluding carboxylic acids is 2. The molecule has 112 valence electrons. The van der Waals surface area contributed by atoms with Crippen LogP contribution in [0.3, 0.4) is 0 Å². The summed E-state index contributed by atoms with van der Waals surface area (Å²) in [4.78, 5) is 27.5. The lowest BCUT2D eigenvalue weighted by atomic mass is 9.99. The number of fused-ring (bicyclic) bond motifs is 1. The van der Waals surface area contributed by atoms with Crippen molar-refractivity contribution in [3.63, 3.8) is 0 Å². The Bertz CT molecular complexity index is 588. The van der Waals surface area contributed by atoms with Crippen LogP contribution in [0.15, 0.2) is 18.2 Å². The van der Waals surface area contributed by atoms with Crippen molar-refractivity contribution in [1.29, 1.82) is 0 Å². The van der Waals surface area contributed by atoms with Crippen molar-refractivity contribution in [2.45, 2.75) is 18.9 Å². The maximum Gasteiger partial charge on any atom is 0.321 e. The molecule has 6 nitrogen and oxygen atoms in total. The molecule has 6 heteroatoms. The van der Waals surface area contributed by atoms with Gasteiger partial charge in [0.2, 0.25) is 0 Å². The third-order valence-corrected chi connectivity index (χ3v) is 4.11. The Morgan fingerprint density at radius 1 is 1.38 bits per heavy atom. The van der Waals surface area contributed by atoms with Gasteiger partial charge in [-0.05, 0) is 30.5 Å². The number of aliphatic hydroxyl groups is 1. The zero-order chi connectivity index (χ0) is 15.0. The lowest BCUT2D eigenvalue weighted by Crippen LogP contribution is -2.35. The summed E-state index contributed by atoms with van der Waals surface area (Å²) >= 11 is 0. The van der Waals surface area contributed by atoms with Gasteiger partial charge in [-0.25, -0.2) is 4.79 Å². The van der Waals surface area contributed by atoms with Crippen LogP contribution in [0.25, 0.3) is 0 Å². The van der Waals surface area contributed by atoms with Gasteiger partial charge in [0, 0.05) is 37.9 Å². The van der Waals surface area contributed by atoms with Crippen LogP contribution in [0.1, 0.15) is 22.3 Å². The van der Waals surface area contributed by atoms with Crippen molar-refractivity contribution in [3.8, 4) is 0 Å². The minimum Gasteiger partial charge on any atom is -0.391 e. The van der Waals surface area contributed by atoms with Gasteiger partial charge in [-0.1, -0.05) is 6.07 Å². The Morgan fingerprint density at radius 2 is 2.19 bits per heavy atom. The van der Waals surface area contributed by atoms with Crippen molar-refractivity contribution in [1.82, 2.24) is 9.80 Å². The summed E-state index contributed by atoms with van der Waals surface area (Å²) in [6.07, 6.45) is 1.01. The summed E-state index contributed by atoms with van der Waals surface area (Å²) in [6, 6.07) is 5.22. The topological polar surface area (TPSA) is 72.9 Å². The van der Waals surface area contributed by atoms with E-state index in [9.17, 15) is 14.7 Å². The molecule has 2 heterocycles. The van der Waals surface area contributed by atoms with E-state index in [1.807, 2.05) is 12.1 Å². The molecule has 1 unspecified atom stereocenters. The number of nitrogens with one attached hydrogen (secondary N) is 1. The number of benzene rings is 1. The van der Waals surface area contributed by atoms with E-state index < -0.39 is 6.10 Å². The predicted molar refractivity (Wildman–Crippen MR) is 78.3 cm³/mol. The minimum absolute atomic E-state index is 0.0102. The standard InChI is InChI=1S/C15H19N3O3/c1-17-6-4-10-2-3-11(8-13(10)14(17)20)16-15(21)18-7-5-12(19)9-18/h2-3,8,12,19H,4-7,9H2,1H3,(H,16,21). The Balaban J connectivity index is 1.75. The maximum absolute atomic E-state index is 12.1. The Morgan fingerprint density at radius 3 is 2.90 bits per heavy atom. The highest BCUT2D eigenvalue weighted by molar-refractivity contribution is 5.99. The third kappa shape index (κ3) is 2.71. The van der Waals surface area contributed by atoms with E-state index in [1.54, 1.807) is 22.9 Å². The van der Waals surface area contributed by atoms with E-state index in [1.165, 1.54) is 0 Å². The molecule has 1 atom stereocenters. The van der Waals surface area contributed by atoms with Crippen LogP contribution in [0.5, 0.6) is 0 Å². The zero-order valence-electron chi connectivity index (χ0n) is 12.0. The predicted octanol–water partition coefficient (Wildman–Crippen LogP) is 0.913. The molecule has 1 saturated heterocycles. The highest BCUT2D eigenvalue weighted by atomic mass is 16.3. The van der Waals surface area contributed by atoms with Crippen LogP contribution >= 0.6 is 0 Å². The number of hydrogen-bond acceptors (Lipinski definition) is 3. The summed E-state index contributed by atoms with van der Waals surface area (Å²) in [5.41, 5.74) is 2.29. The van der Waals surface area contributed by atoms with Crippen LogP contribution in [0.2, 0.25) is 0 Å². The van der Waals surface area contributed by atoms with E-state index in [-0.39, 0.29) is 11.9 Å². The van der Waals surface area contributed by atoms with Crippen molar-refractivity contribution >= 4 is 17.6 Å². The van der Waals surface area contributed by atoms with Crippen LogP contribution in [0, 0.1) is 0 Å². The second kappa shape index (κ2) is 5.37. The number of aliphatic hydroxyl groups excluding tert-OH is 1. The fraction of sp³-hybridized carbons (Fsp3) is 0.467. The second-order valence-corrected chi connectivity index (χ2v) is 5.67. The van der Waals surface area contributed by atoms with Crippen LogP contribution in [0.4, 0.5) is 10.5 Å². The van der Waals surface area contributed by atoms with Crippen molar-refractivity contribution in [3.05, 3.63) is 29.3 Å². The first-order chi connectivity index (χ1) is 10.0. The molecule has 2 aliphatic heterocycles. The molecule has 0 bridgehead atoms. The molecule has 0 saturated carbocycles. The number of amides is 3. The molecular weight excluding hydrogens is 270 g/mol. The zero-order valence-corrected chi connectivity index (χ0v) is 12.0. The molecule has 1 fully saturated rings. The molecule has 2 N–H and O–H groups in total. The van der Waals surface area contributed by atoms with Crippen molar-refractivity contribution < 1.29 is 14.7 Å². The molecule has 0 aliphatic carbocycles. The number of carbonyl (C=O) groups is 2. The first-order valence-corrected chi connectivity index (χ1v) is 7.17. The number of likely N-dealkylation sites (tertiary alicyclic amines) is 1. The molecule has 3 rings (SSSR count). The van der Waals surface area contributed by atoms with E-state index in [0.717, 1.165) is 18.5 Å². The van der Waals surface area contributed by atoms with E-state index in [0.29, 0.717) is 30.8 Å². The van der Waals surface area contributed by atoms with Crippen molar-refractivity contribution in [2.24, 2.45) is 0 Å². The molecule has 3 amide bonds. The molecule has 0 aromatic heterocycles. The number of nitrogens with zero attached hydrogens (tertiary/aromatic N) is 2. The lowest BCUT2D eigenvalue weighted by Gasteiger charge is -2.25. The van der Waals surface area contributed by atoms with Gasteiger partial charge in [-0.15, -0.1) is 0 Å². The Hall–Kier alpha value is -2.08. The van der Waals surface area contributed by atoms with Gasteiger partial charge < -0.3 is 20.2 Å². The molecule has 0 radical (unpaired) electrons. The molecule has 2 aliphatic rings. The van der Waals surface area contributed by atoms with E-state index >= 15 is 0 Å². The third-order valence-electron chi connectivity index (χ3n) is 4.11. The number of hydrogen-bond donors (Lipinski definition) is 2. The monoisotopic (exact) mass is 289 g/mol. The number of β-amino-alcohol motifs (C(OH)–C–C–N with tert-alkyl or cyclic N) is 1. The van der Waals surface area contributed by atoms with E-state index in [2.05, 4.69) is 5.32 Å². The maximum atomic E-state index is 12.1. The number of anilines is 1. The fourth-order valence-corrected chi connectivity index (χ4v) is 2.80. The summed E-state index contributed by atoms with van der Waals surface area (Å²) < 4.78 is 0. The van der Waals surface area contributed by atoms with Crippen LogP contribution < -0.4 is 5.32 Å². The van der Waals surface area contributed by atoms with Crippen LogP contribution in [-0.2, 0) is 6.42 Å². The number of urea groups is 1. The average molecular weight is 289 g/mol. The highest BCUT2D eigenvalue weighted by Gasteiger charge is 2.25. The minimum atomic E-state index is -0.436. The van der Waals surface area contributed by atoms with Gasteiger partial charge in [0.05, 0.1) is 6.10 Å². The van der Waals surface area contributed by atoms with Gasteiger partial charge in [0.1, 0.15) is 0 Å². The molecule has 21 heavy (non-hydrogen) atoms. The number of rotatable bonds is 1. The number of likely N-dealkylation sites (N-methyl/N-ethyl adjacent to an activating group) is 1. The highest BCUT2D eigenvalue weighted by Crippen LogP contribution is 2.22. The molecule has 0 spiro atoms. The first kappa shape index (κ1) is 13.9. The van der Waals surface area contributed by atoms with Gasteiger partial charge in [-0.3, -0.25) is 4.79 Å². The molecular formula is C15H19N3O3. The summed E-state index contributed by atoms with van der Waals surface area (Å²) in [6.45, 7) is 1.64. The second-order valence-electron chi connectivity index (χ2n) is 5.67. The quantitative estimate of drug-likeness (QED) is 0.807. The van der Waals surface area contributed by atoms with Gasteiger partial charge in [0.15, 0.2) is 0 Å². The van der Waals surface area contributed by atoms with E-state index in [4.69, 9.17) is 0 Å². The largest absolute Gasteiger partial charge is 0.391 e. The average Bonchev–Trinajstić information content (AvgIpc) is 2.90. The Kier molecular flexibility index (Phi) is 3.55. The Labute approximate surface area is 123 Å². The fourth-order valence-electron chi connectivity index (χ4n) is 2.80. The summed E-state index contributed by atoms with van der Waals surface area (Å²) in [7, 11) is 1.78. The molecule has 1 aromatic rings. The summed E-state index contributed by atoms with van der Waals surface area (Å²) in [5, 5.41) is 12.3. The molecule has 1 aromatic carbocycles. The lowest BCUT2D eigenvalue weighted by molar-refractivity contribution is 0.0781. The van der Waals surface area contributed by atoms with Crippen LogP contribution in [-0.4, -0.2) is 59.6 Å². The summed E-state index contributed by atoms with van der Waals surface area (Å²) in [5.74, 6) is -0.0102. The smallest absolute Gasteiger partial charge is 0.321 e. The SMILES string of the molecule is CN1CCc2ccc(NC(=O)N3CCC(O)C3)cc2C1=O. The normalized spacial score (nSPS) is 21.4. The van der Waals surface area contributed by atoms with Crippen molar-refractivity contribution in [2.75, 3.05) is 32.0 Å². The first-order valence-electron chi connectivity index (χ1n) is 7.17. The van der Waals surface area contributed by atoms with Gasteiger partial charge >= 0.3 is 6.03 Å². The van der Waals surface area contributed by atoms with Gasteiger partial charge in [0.25, 0.3) is 5.91 Å². The van der Waals surface area contributed by atoms with Gasteiger partial charge in [-0.2, -0.15) is 0 Å².